The van der Waals surface area contributed by atoms with Gasteiger partial charge in [0.2, 0.25) is 0 Å². The molecule has 0 atom stereocenters. The summed E-state index contributed by atoms with van der Waals surface area (Å²) in [6.07, 6.45) is 0. The Balaban J connectivity index is 0.00000324. The second-order valence-electron chi connectivity index (χ2n) is 4.58. The highest BCUT2D eigenvalue weighted by Gasteiger charge is 1.95. The molecule has 1 aromatic rings. The average molecular weight is 377 g/mol. The van der Waals surface area contributed by atoms with Gasteiger partial charge in [-0.2, -0.15) is 0 Å². The van der Waals surface area contributed by atoms with Gasteiger partial charge in [0.25, 0.3) is 0 Å². The van der Waals surface area contributed by atoms with Crippen LogP contribution in [0.2, 0.25) is 0 Å². The molecule has 0 bridgehead atoms. The molecule has 0 radical (unpaired) electrons. The van der Waals surface area contributed by atoms with Crippen LogP contribution >= 0.6 is 24.0 Å². The fourth-order valence-corrected chi connectivity index (χ4v) is 1.35. The Kier molecular flexibility index (Phi) is 10.6. The molecule has 0 aliphatic heterocycles. The van der Waals surface area contributed by atoms with Gasteiger partial charge in [-0.1, -0.05) is 44.2 Å². The van der Waals surface area contributed by atoms with Gasteiger partial charge in [-0.05, 0) is 11.5 Å². The Labute approximate surface area is 132 Å². The van der Waals surface area contributed by atoms with Crippen molar-refractivity contribution in [1.29, 1.82) is 0 Å². The van der Waals surface area contributed by atoms with Crippen molar-refractivity contribution < 1.29 is 4.74 Å². The van der Waals surface area contributed by atoms with Gasteiger partial charge < -0.3 is 15.8 Å². The third-order valence-electron chi connectivity index (χ3n) is 2.29. The average Bonchev–Trinajstić information content (AvgIpc) is 2.37. The highest BCUT2D eigenvalue weighted by Crippen LogP contribution is 1.99. The molecule has 0 amide bonds. The van der Waals surface area contributed by atoms with Crippen LogP contribution in [0.15, 0.2) is 35.3 Å². The minimum absolute atomic E-state index is 0. The fourth-order valence-electron chi connectivity index (χ4n) is 1.35. The predicted octanol–water partition coefficient (Wildman–Crippen LogP) is 2.38. The van der Waals surface area contributed by atoms with Gasteiger partial charge in [0.15, 0.2) is 5.96 Å². The van der Waals surface area contributed by atoms with E-state index in [1.54, 1.807) is 0 Å². The van der Waals surface area contributed by atoms with Crippen molar-refractivity contribution in [3.05, 3.63) is 35.9 Å². The number of nitrogens with zero attached hydrogens (tertiary/aromatic N) is 1. The summed E-state index contributed by atoms with van der Waals surface area (Å²) in [6, 6.07) is 10.1. The van der Waals surface area contributed by atoms with Gasteiger partial charge in [0.1, 0.15) is 0 Å². The third-order valence-corrected chi connectivity index (χ3v) is 2.29. The maximum atomic E-state index is 5.70. The summed E-state index contributed by atoms with van der Waals surface area (Å²) in [7, 11) is 0. The maximum Gasteiger partial charge on any atom is 0.188 e. The van der Waals surface area contributed by atoms with E-state index in [0.717, 1.165) is 6.54 Å². The SMILES string of the molecule is CC(C)CN=C(N)NCCOCc1ccccc1.I. The Morgan fingerprint density at radius 3 is 2.63 bits per heavy atom. The lowest BCUT2D eigenvalue weighted by molar-refractivity contribution is 0.125. The van der Waals surface area contributed by atoms with E-state index in [-0.39, 0.29) is 24.0 Å². The van der Waals surface area contributed by atoms with Crippen LogP contribution in [-0.2, 0) is 11.3 Å². The van der Waals surface area contributed by atoms with Crippen LogP contribution in [0.5, 0.6) is 0 Å². The van der Waals surface area contributed by atoms with Crippen LogP contribution < -0.4 is 11.1 Å². The van der Waals surface area contributed by atoms with Crippen molar-refractivity contribution in [2.75, 3.05) is 19.7 Å². The molecule has 1 rings (SSSR count). The highest BCUT2D eigenvalue weighted by atomic mass is 127. The second-order valence-corrected chi connectivity index (χ2v) is 4.58. The molecule has 0 aliphatic rings. The monoisotopic (exact) mass is 377 g/mol. The van der Waals surface area contributed by atoms with E-state index < -0.39 is 0 Å². The van der Waals surface area contributed by atoms with Crippen LogP contribution in [0.4, 0.5) is 0 Å². The van der Waals surface area contributed by atoms with Crippen LogP contribution in [0.25, 0.3) is 0 Å². The van der Waals surface area contributed by atoms with Crippen molar-refractivity contribution in [3.8, 4) is 0 Å². The van der Waals surface area contributed by atoms with Crippen molar-refractivity contribution >= 4 is 29.9 Å². The molecule has 0 unspecified atom stereocenters. The number of hydrogen-bond donors (Lipinski definition) is 2. The molecule has 0 aromatic heterocycles. The molecule has 5 heteroatoms. The number of ether oxygens (including phenoxy) is 1. The van der Waals surface area contributed by atoms with E-state index in [1.807, 2.05) is 30.3 Å². The van der Waals surface area contributed by atoms with Crippen LogP contribution in [0.3, 0.4) is 0 Å². The number of rotatable bonds is 7. The first-order chi connectivity index (χ1) is 8.68. The summed E-state index contributed by atoms with van der Waals surface area (Å²) in [6.45, 7) is 6.90. The Morgan fingerprint density at radius 1 is 1.32 bits per heavy atom. The molecule has 1 aromatic carbocycles. The van der Waals surface area contributed by atoms with E-state index in [1.165, 1.54) is 5.56 Å². The number of hydrogen-bond acceptors (Lipinski definition) is 2. The first-order valence-electron chi connectivity index (χ1n) is 6.34. The van der Waals surface area contributed by atoms with E-state index in [4.69, 9.17) is 10.5 Å². The Hall–Kier alpha value is -0.820. The van der Waals surface area contributed by atoms with Gasteiger partial charge in [-0.15, -0.1) is 24.0 Å². The number of nitrogens with two attached hydrogens (primary N) is 1. The topological polar surface area (TPSA) is 59.6 Å². The van der Waals surface area contributed by atoms with E-state index in [0.29, 0.717) is 31.6 Å². The lowest BCUT2D eigenvalue weighted by atomic mass is 10.2. The van der Waals surface area contributed by atoms with Gasteiger partial charge >= 0.3 is 0 Å². The molecule has 108 valence electrons. The lowest BCUT2D eigenvalue weighted by Gasteiger charge is -2.07. The molecule has 0 spiro atoms. The normalized spacial score (nSPS) is 11.2. The van der Waals surface area contributed by atoms with Gasteiger partial charge in [0, 0.05) is 13.1 Å². The van der Waals surface area contributed by atoms with E-state index in [9.17, 15) is 0 Å². The maximum absolute atomic E-state index is 5.70. The smallest absolute Gasteiger partial charge is 0.188 e. The molecule has 0 heterocycles. The standard InChI is InChI=1S/C14H23N3O.HI/c1-12(2)10-17-14(15)16-8-9-18-11-13-6-4-3-5-7-13;/h3-7,12H,8-11H2,1-2H3,(H3,15,16,17);1H. The molecule has 0 saturated heterocycles. The molecule has 0 aliphatic carbocycles. The van der Waals surface area contributed by atoms with Crippen molar-refractivity contribution in [2.45, 2.75) is 20.5 Å². The van der Waals surface area contributed by atoms with Gasteiger partial charge in [-0.25, -0.2) is 0 Å². The summed E-state index contributed by atoms with van der Waals surface area (Å²) in [5.41, 5.74) is 6.88. The number of guanidine groups is 1. The fraction of sp³-hybridized carbons (Fsp3) is 0.500. The summed E-state index contributed by atoms with van der Waals surface area (Å²) in [5, 5.41) is 3.03. The summed E-state index contributed by atoms with van der Waals surface area (Å²) in [4.78, 5) is 4.21. The Morgan fingerprint density at radius 2 is 2.00 bits per heavy atom. The van der Waals surface area contributed by atoms with Crippen molar-refractivity contribution in [3.63, 3.8) is 0 Å². The van der Waals surface area contributed by atoms with E-state index >= 15 is 0 Å². The molecule has 0 fully saturated rings. The predicted molar refractivity (Wildman–Crippen MR) is 90.8 cm³/mol. The quantitative estimate of drug-likeness (QED) is 0.332. The summed E-state index contributed by atoms with van der Waals surface area (Å²) < 4.78 is 5.52. The zero-order valence-corrected chi connectivity index (χ0v) is 14.0. The Bertz CT molecular complexity index is 355. The molecule has 19 heavy (non-hydrogen) atoms. The number of benzene rings is 1. The lowest BCUT2D eigenvalue weighted by Crippen LogP contribution is -2.34. The number of nitrogens with one attached hydrogen (secondary N) is 1. The second kappa shape index (κ2) is 11.0. The first-order valence-corrected chi connectivity index (χ1v) is 6.34. The van der Waals surface area contributed by atoms with Crippen LogP contribution in [0.1, 0.15) is 19.4 Å². The van der Waals surface area contributed by atoms with Crippen molar-refractivity contribution in [1.82, 2.24) is 5.32 Å². The number of aliphatic imine (C=N–C) groups is 1. The van der Waals surface area contributed by atoms with Crippen molar-refractivity contribution in [2.24, 2.45) is 16.6 Å². The molecule has 0 saturated carbocycles. The van der Waals surface area contributed by atoms with Gasteiger partial charge in [-0.3, -0.25) is 4.99 Å². The first kappa shape index (κ1) is 18.2. The molecule has 3 N–H and O–H groups in total. The zero-order chi connectivity index (χ0) is 13.2. The molecule has 4 nitrogen and oxygen atoms in total. The van der Waals surface area contributed by atoms with Gasteiger partial charge in [0.05, 0.1) is 13.2 Å². The third kappa shape index (κ3) is 9.72. The van der Waals surface area contributed by atoms with E-state index in [2.05, 4.69) is 24.2 Å². The molecular weight excluding hydrogens is 353 g/mol. The minimum Gasteiger partial charge on any atom is -0.375 e. The summed E-state index contributed by atoms with van der Waals surface area (Å²) >= 11 is 0. The van der Waals surface area contributed by atoms with Crippen LogP contribution in [-0.4, -0.2) is 25.7 Å². The largest absolute Gasteiger partial charge is 0.375 e. The number of halogens is 1. The van der Waals surface area contributed by atoms with Crippen LogP contribution in [0, 0.1) is 5.92 Å². The minimum atomic E-state index is 0. The highest BCUT2D eigenvalue weighted by molar-refractivity contribution is 14.0. The molecular formula is C14H24IN3O. The zero-order valence-electron chi connectivity index (χ0n) is 11.6. The summed E-state index contributed by atoms with van der Waals surface area (Å²) in [5.74, 6) is 1.02.